The molecule has 0 N–H and O–H groups in total. The van der Waals surface area contributed by atoms with Gasteiger partial charge in [0.1, 0.15) is 17.7 Å². The topological polar surface area (TPSA) is 56.5 Å². The first-order chi connectivity index (χ1) is 12.3. The van der Waals surface area contributed by atoms with Crippen molar-refractivity contribution >= 4 is 32.6 Å². The van der Waals surface area contributed by atoms with Crippen LogP contribution in [-0.2, 0) is 0 Å². The van der Waals surface area contributed by atoms with Gasteiger partial charge in [0.2, 0.25) is 0 Å². The van der Waals surface area contributed by atoms with E-state index in [2.05, 4.69) is 20.3 Å². The Kier molecular flexibility index (Phi) is 3.07. The molecule has 0 atom stereocenters. The van der Waals surface area contributed by atoms with E-state index in [1.165, 1.54) is 18.5 Å². The zero-order chi connectivity index (χ0) is 16.8. The molecule has 0 radical (unpaired) electrons. The van der Waals surface area contributed by atoms with Crippen LogP contribution >= 0.6 is 11.3 Å². The Hall–Kier alpha value is -3.19. The lowest BCUT2D eigenvalue weighted by molar-refractivity contribution is 0.628. The molecule has 0 unspecified atom stereocenters. The average Bonchev–Trinajstić information content (AvgIpc) is 3.26. The molecule has 0 saturated heterocycles. The number of aromatic nitrogens is 5. The van der Waals surface area contributed by atoms with Gasteiger partial charge in [0, 0.05) is 4.88 Å². The number of hydrogen-bond acceptors (Lipinski definition) is 5. The summed E-state index contributed by atoms with van der Waals surface area (Å²) >= 11 is 1.55. The fourth-order valence-electron chi connectivity index (χ4n) is 2.77. The van der Waals surface area contributed by atoms with Gasteiger partial charge >= 0.3 is 0 Å². The number of hydrogen-bond donors (Lipinski definition) is 0. The second-order valence-corrected chi connectivity index (χ2v) is 6.57. The van der Waals surface area contributed by atoms with Crippen LogP contribution in [0.1, 0.15) is 0 Å². The zero-order valence-corrected chi connectivity index (χ0v) is 13.6. The van der Waals surface area contributed by atoms with Crippen LogP contribution in [-0.4, -0.2) is 25.0 Å². The minimum atomic E-state index is -0.251. The van der Waals surface area contributed by atoms with Crippen molar-refractivity contribution in [3.63, 3.8) is 0 Å². The summed E-state index contributed by atoms with van der Waals surface area (Å²) in [6.45, 7) is 0. The van der Waals surface area contributed by atoms with Crippen LogP contribution in [0.15, 0.2) is 60.9 Å². The summed E-state index contributed by atoms with van der Waals surface area (Å²) in [5, 5.41) is 8.43. The molecule has 0 aliphatic rings. The number of fused-ring (bicyclic) bond motifs is 2. The minimum Gasteiger partial charge on any atom is -0.235 e. The van der Waals surface area contributed by atoms with E-state index in [9.17, 15) is 4.39 Å². The Morgan fingerprint density at radius 3 is 2.64 bits per heavy atom. The molecule has 0 aliphatic carbocycles. The van der Waals surface area contributed by atoms with Gasteiger partial charge in [0.05, 0.1) is 15.7 Å². The molecule has 5 nitrogen and oxygen atoms in total. The summed E-state index contributed by atoms with van der Waals surface area (Å²) in [6.07, 6.45) is 1.52. The third-order valence-corrected chi connectivity index (χ3v) is 5.14. The van der Waals surface area contributed by atoms with Crippen molar-refractivity contribution in [2.24, 2.45) is 0 Å². The minimum absolute atomic E-state index is 0.251. The SMILES string of the molecule is Fc1ccc(-c2cc3ncnc(-n4nnc5ccccc54)c3s2)cc1. The van der Waals surface area contributed by atoms with Crippen LogP contribution in [0.2, 0.25) is 0 Å². The molecule has 0 amide bonds. The molecular weight excluding hydrogens is 337 g/mol. The lowest BCUT2D eigenvalue weighted by Crippen LogP contribution is -2.00. The van der Waals surface area contributed by atoms with Crippen molar-refractivity contribution in [2.45, 2.75) is 0 Å². The Bertz CT molecular complexity index is 1210. The molecule has 25 heavy (non-hydrogen) atoms. The quantitative estimate of drug-likeness (QED) is 0.479. The first-order valence-electron chi connectivity index (χ1n) is 7.61. The molecule has 7 heteroatoms. The number of halogens is 1. The molecule has 3 heterocycles. The first kappa shape index (κ1) is 14.2. The summed E-state index contributed by atoms with van der Waals surface area (Å²) in [5.74, 6) is 0.441. The highest BCUT2D eigenvalue weighted by Gasteiger charge is 2.14. The molecule has 5 rings (SSSR count). The Morgan fingerprint density at radius 2 is 1.76 bits per heavy atom. The van der Waals surface area contributed by atoms with E-state index in [1.54, 1.807) is 28.2 Å². The lowest BCUT2D eigenvalue weighted by Gasteiger charge is -2.01. The van der Waals surface area contributed by atoms with Gasteiger partial charge in [-0.3, -0.25) is 0 Å². The monoisotopic (exact) mass is 347 g/mol. The molecule has 120 valence electrons. The predicted molar refractivity (Wildman–Crippen MR) is 95.2 cm³/mol. The van der Waals surface area contributed by atoms with Crippen LogP contribution in [0.4, 0.5) is 4.39 Å². The summed E-state index contributed by atoms with van der Waals surface area (Å²) in [4.78, 5) is 9.78. The van der Waals surface area contributed by atoms with Gasteiger partial charge < -0.3 is 0 Å². The Labute approximate surface area is 145 Å². The van der Waals surface area contributed by atoms with Crippen LogP contribution < -0.4 is 0 Å². The second-order valence-electron chi connectivity index (χ2n) is 5.52. The summed E-state index contributed by atoms with van der Waals surface area (Å²) in [7, 11) is 0. The number of nitrogens with zero attached hydrogens (tertiary/aromatic N) is 5. The maximum atomic E-state index is 13.2. The van der Waals surface area contributed by atoms with Crippen molar-refractivity contribution in [1.82, 2.24) is 25.0 Å². The number of rotatable bonds is 2. The van der Waals surface area contributed by atoms with Crippen molar-refractivity contribution in [3.05, 3.63) is 66.7 Å². The fourth-order valence-corrected chi connectivity index (χ4v) is 3.87. The highest BCUT2D eigenvalue weighted by molar-refractivity contribution is 7.22. The van der Waals surface area contributed by atoms with E-state index in [-0.39, 0.29) is 5.82 Å². The zero-order valence-electron chi connectivity index (χ0n) is 12.8. The molecule has 2 aromatic carbocycles. The van der Waals surface area contributed by atoms with Crippen molar-refractivity contribution in [2.75, 3.05) is 0 Å². The van der Waals surface area contributed by atoms with E-state index in [0.29, 0.717) is 5.82 Å². The van der Waals surface area contributed by atoms with Crippen molar-refractivity contribution < 1.29 is 4.39 Å². The molecular formula is C18H10FN5S. The Balaban J connectivity index is 1.73. The van der Waals surface area contributed by atoms with Crippen LogP contribution in [0.3, 0.4) is 0 Å². The molecule has 0 spiro atoms. The van der Waals surface area contributed by atoms with Crippen LogP contribution in [0.5, 0.6) is 0 Å². The number of benzene rings is 2. The van der Waals surface area contributed by atoms with Gasteiger partial charge in [0.15, 0.2) is 5.82 Å². The van der Waals surface area contributed by atoms with E-state index in [4.69, 9.17) is 0 Å². The number of para-hydroxylation sites is 1. The molecule has 5 aromatic rings. The molecule has 0 saturated carbocycles. The standard InChI is InChI=1S/C18H10FN5S/c19-12-7-5-11(6-8-12)16-9-14-17(25-16)18(21-10-20-14)24-15-4-2-1-3-13(15)22-23-24/h1-10H. The van der Waals surface area contributed by atoms with Gasteiger partial charge in [-0.25, -0.2) is 14.4 Å². The largest absolute Gasteiger partial charge is 0.235 e. The van der Waals surface area contributed by atoms with Crippen LogP contribution in [0, 0.1) is 5.82 Å². The highest BCUT2D eigenvalue weighted by Crippen LogP contribution is 2.35. The van der Waals surface area contributed by atoms with Crippen LogP contribution in [0.25, 0.3) is 37.5 Å². The van der Waals surface area contributed by atoms with Crippen molar-refractivity contribution in [1.29, 1.82) is 0 Å². The third kappa shape index (κ3) is 2.28. The molecule has 0 fully saturated rings. The number of thiophene rings is 1. The lowest BCUT2D eigenvalue weighted by atomic mass is 10.2. The van der Waals surface area contributed by atoms with E-state index >= 15 is 0 Å². The fraction of sp³-hybridized carbons (Fsp3) is 0. The van der Waals surface area contributed by atoms with E-state index < -0.39 is 0 Å². The summed E-state index contributed by atoms with van der Waals surface area (Å²) in [5.41, 5.74) is 3.47. The molecule has 3 aromatic heterocycles. The summed E-state index contributed by atoms with van der Waals surface area (Å²) < 4.78 is 15.8. The van der Waals surface area contributed by atoms with Gasteiger partial charge in [-0.15, -0.1) is 16.4 Å². The predicted octanol–water partition coefficient (Wildman–Crippen LogP) is 4.23. The smallest absolute Gasteiger partial charge is 0.176 e. The van der Waals surface area contributed by atoms with Gasteiger partial charge in [-0.05, 0) is 35.9 Å². The normalized spacial score (nSPS) is 11.4. The molecule has 0 bridgehead atoms. The van der Waals surface area contributed by atoms with Crippen molar-refractivity contribution in [3.8, 4) is 16.3 Å². The maximum absolute atomic E-state index is 13.2. The van der Waals surface area contributed by atoms with Gasteiger partial charge in [-0.2, -0.15) is 4.68 Å². The average molecular weight is 347 g/mol. The first-order valence-corrected chi connectivity index (χ1v) is 8.42. The third-order valence-electron chi connectivity index (χ3n) is 3.97. The maximum Gasteiger partial charge on any atom is 0.176 e. The second kappa shape index (κ2) is 5.42. The highest BCUT2D eigenvalue weighted by atomic mass is 32.1. The van der Waals surface area contributed by atoms with Gasteiger partial charge in [-0.1, -0.05) is 29.5 Å². The summed E-state index contributed by atoms with van der Waals surface area (Å²) in [6, 6.07) is 16.2. The van der Waals surface area contributed by atoms with E-state index in [1.807, 2.05) is 30.3 Å². The van der Waals surface area contributed by atoms with E-state index in [0.717, 1.165) is 31.7 Å². The molecule has 0 aliphatic heterocycles. The Morgan fingerprint density at radius 1 is 0.920 bits per heavy atom. The van der Waals surface area contributed by atoms with Gasteiger partial charge in [0.25, 0.3) is 0 Å².